The second kappa shape index (κ2) is 15.6. The zero-order valence-corrected chi connectivity index (χ0v) is 33.6. The Kier molecular flexibility index (Phi) is 9.26. The van der Waals surface area contributed by atoms with Gasteiger partial charge >= 0.3 is 0 Å². The van der Waals surface area contributed by atoms with Crippen molar-refractivity contribution in [1.29, 1.82) is 0 Å². The summed E-state index contributed by atoms with van der Waals surface area (Å²) >= 11 is 0. The second-order valence-electron chi connectivity index (χ2n) is 15.8. The minimum Gasteiger partial charge on any atom is -0.311 e. The van der Waals surface area contributed by atoms with Crippen molar-refractivity contribution in [3.63, 3.8) is 0 Å². The molecule has 0 heterocycles. The lowest BCUT2D eigenvalue weighted by atomic mass is 9.98. The van der Waals surface area contributed by atoms with Gasteiger partial charge in [-0.3, -0.25) is 0 Å². The van der Waals surface area contributed by atoms with Gasteiger partial charge in [0.05, 0.1) is 0 Å². The average Bonchev–Trinajstić information content (AvgIpc) is 3.34. The standard InChI is InChI=1S/C60H41N/c1-4-10-52-39-55(24-21-42(52)7-1)49-17-13-45(14-18-49)47-27-33-58(34-28-47)61(60-37-31-51(32-38-60)57-26-23-44-9-3-6-12-54(44)41-57)59-35-29-48(30-36-59)46-15-19-50(20-16-46)56-25-22-43-8-2-5-11-53(43)40-56/h1-41H. The number of anilines is 3. The Bertz CT molecular complexity index is 3140. The van der Waals surface area contributed by atoms with E-state index in [1.54, 1.807) is 0 Å². The largest absolute Gasteiger partial charge is 0.311 e. The van der Waals surface area contributed by atoms with Crippen LogP contribution in [-0.2, 0) is 0 Å². The van der Waals surface area contributed by atoms with Crippen LogP contribution in [0.15, 0.2) is 249 Å². The summed E-state index contributed by atoms with van der Waals surface area (Å²) in [6.07, 6.45) is 0. The van der Waals surface area contributed by atoms with Gasteiger partial charge < -0.3 is 4.90 Å². The predicted molar refractivity (Wildman–Crippen MR) is 261 cm³/mol. The summed E-state index contributed by atoms with van der Waals surface area (Å²) in [6, 6.07) is 90.4. The number of fused-ring (bicyclic) bond motifs is 3. The summed E-state index contributed by atoms with van der Waals surface area (Å²) in [5.41, 5.74) is 15.3. The topological polar surface area (TPSA) is 3.24 Å². The molecule has 0 fully saturated rings. The lowest BCUT2D eigenvalue weighted by Crippen LogP contribution is -2.09. The van der Waals surface area contributed by atoms with Crippen LogP contribution in [0.4, 0.5) is 17.1 Å². The first-order valence-electron chi connectivity index (χ1n) is 21.0. The van der Waals surface area contributed by atoms with Gasteiger partial charge in [0.2, 0.25) is 0 Å². The molecule has 286 valence electrons. The Morgan fingerprint density at radius 3 is 0.623 bits per heavy atom. The van der Waals surface area contributed by atoms with Gasteiger partial charge in [-0.1, -0.05) is 194 Å². The molecule has 0 unspecified atom stereocenters. The molecule has 0 amide bonds. The molecule has 0 atom stereocenters. The molecule has 1 heteroatoms. The molecule has 11 aromatic carbocycles. The van der Waals surface area contributed by atoms with Crippen LogP contribution in [0.2, 0.25) is 0 Å². The van der Waals surface area contributed by atoms with Crippen molar-refractivity contribution in [2.45, 2.75) is 0 Å². The van der Waals surface area contributed by atoms with Crippen molar-refractivity contribution in [2.24, 2.45) is 0 Å². The SMILES string of the molecule is c1ccc2cc(-c3ccc(-c4ccc(N(c5ccc(-c6ccc(-c7ccc8ccccc8c7)cc6)cc5)c5ccc(-c6ccc7ccccc7c6)cc5)cc4)cc3)ccc2c1. The van der Waals surface area contributed by atoms with Crippen LogP contribution in [0.25, 0.3) is 88.0 Å². The molecule has 0 N–H and O–H groups in total. The van der Waals surface area contributed by atoms with E-state index in [0.717, 1.165) is 17.1 Å². The first-order valence-corrected chi connectivity index (χ1v) is 21.0. The molecule has 0 aliphatic rings. The van der Waals surface area contributed by atoms with Gasteiger partial charge in [-0.15, -0.1) is 0 Å². The third-order valence-corrected chi connectivity index (χ3v) is 12.1. The molecular formula is C60H41N. The minimum atomic E-state index is 1.10. The van der Waals surface area contributed by atoms with E-state index >= 15 is 0 Å². The van der Waals surface area contributed by atoms with E-state index in [9.17, 15) is 0 Å². The summed E-state index contributed by atoms with van der Waals surface area (Å²) in [5, 5.41) is 7.54. The van der Waals surface area contributed by atoms with Gasteiger partial charge in [0.25, 0.3) is 0 Å². The van der Waals surface area contributed by atoms with Crippen LogP contribution in [0.5, 0.6) is 0 Å². The van der Waals surface area contributed by atoms with Gasteiger partial charge in [0.15, 0.2) is 0 Å². The smallest absolute Gasteiger partial charge is 0.0462 e. The Hall–Kier alpha value is -8.00. The van der Waals surface area contributed by atoms with Crippen LogP contribution in [-0.4, -0.2) is 0 Å². The van der Waals surface area contributed by atoms with Crippen LogP contribution in [0.1, 0.15) is 0 Å². The van der Waals surface area contributed by atoms with Crippen molar-refractivity contribution < 1.29 is 0 Å². The van der Waals surface area contributed by atoms with Crippen LogP contribution < -0.4 is 4.90 Å². The lowest BCUT2D eigenvalue weighted by Gasteiger charge is -2.26. The molecule has 0 aliphatic carbocycles. The molecule has 0 radical (unpaired) electrons. The number of benzene rings is 11. The fourth-order valence-corrected chi connectivity index (χ4v) is 8.67. The van der Waals surface area contributed by atoms with E-state index in [1.807, 2.05) is 0 Å². The maximum Gasteiger partial charge on any atom is 0.0462 e. The van der Waals surface area contributed by atoms with Gasteiger partial charge in [-0.05, 0) is 143 Å². The summed E-state index contributed by atoms with van der Waals surface area (Å²) in [7, 11) is 0. The highest BCUT2D eigenvalue weighted by molar-refractivity contribution is 5.90. The van der Waals surface area contributed by atoms with Crippen molar-refractivity contribution in [3.05, 3.63) is 249 Å². The summed E-state index contributed by atoms with van der Waals surface area (Å²) in [4.78, 5) is 2.35. The molecule has 0 spiro atoms. The number of nitrogens with zero attached hydrogens (tertiary/aromatic N) is 1. The molecule has 0 saturated carbocycles. The van der Waals surface area contributed by atoms with E-state index < -0.39 is 0 Å². The highest BCUT2D eigenvalue weighted by Crippen LogP contribution is 2.39. The Morgan fingerprint density at radius 1 is 0.164 bits per heavy atom. The molecular weight excluding hydrogens is 735 g/mol. The molecule has 11 aromatic rings. The van der Waals surface area contributed by atoms with E-state index in [1.165, 1.54) is 88.0 Å². The van der Waals surface area contributed by atoms with Gasteiger partial charge in [0.1, 0.15) is 0 Å². The van der Waals surface area contributed by atoms with Crippen LogP contribution >= 0.6 is 0 Å². The molecule has 0 saturated heterocycles. The van der Waals surface area contributed by atoms with Gasteiger partial charge in [-0.2, -0.15) is 0 Å². The molecule has 0 aliphatic heterocycles. The molecule has 0 aromatic heterocycles. The zero-order valence-electron chi connectivity index (χ0n) is 33.6. The lowest BCUT2D eigenvalue weighted by molar-refractivity contribution is 1.28. The summed E-state index contributed by atoms with van der Waals surface area (Å²) < 4.78 is 0. The third kappa shape index (κ3) is 7.24. The van der Waals surface area contributed by atoms with Crippen molar-refractivity contribution in [1.82, 2.24) is 0 Å². The minimum absolute atomic E-state index is 1.10. The van der Waals surface area contributed by atoms with Crippen LogP contribution in [0.3, 0.4) is 0 Å². The van der Waals surface area contributed by atoms with Crippen molar-refractivity contribution in [2.75, 3.05) is 4.90 Å². The van der Waals surface area contributed by atoms with Gasteiger partial charge in [0, 0.05) is 17.1 Å². The zero-order chi connectivity index (χ0) is 40.5. The normalized spacial score (nSPS) is 11.3. The maximum absolute atomic E-state index is 2.35. The Balaban J connectivity index is 0.895. The highest BCUT2D eigenvalue weighted by atomic mass is 15.1. The Morgan fingerprint density at radius 2 is 0.361 bits per heavy atom. The molecule has 61 heavy (non-hydrogen) atoms. The molecule has 0 bridgehead atoms. The Labute approximate surface area is 357 Å². The highest BCUT2D eigenvalue weighted by Gasteiger charge is 2.15. The van der Waals surface area contributed by atoms with E-state index in [0.29, 0.717) is 0 Å². The number of hydrogen-bond donors (Lipinski definition) is 0. The first kappa shape index (κ1) is 36.1. The number of rotatable bonds is 8. The van der Waals surface area contributed by atoms with Crippen molar-refractivity contribution >= 4 is 49.4 Å². The summed E-state index contributed by atoms with van der Waals surface area (Å²) in [6.45, 7) is 0. The second-order valence-corrected chi connectivity index (χ2v) is 15.8. The maximum atomic E-state index is 2.35. The molecule has 1 nitrogen and oxygen atoms in total. The summed E-state index contributed by atoms with van der Waals surface area (Å²) in [5.74, 6) is 0. The number of hydrogen-bond acceptors (Lipinski definition) is 1. The monoisotopic (exact) mass is 775 g/mol. The van der Waals surface area contributed by atoms with Crippen molar-refractivity contribution in [3.8, 4) is 55.6 Å². The van der Waals surface area contributed by atoms with E-state index in [-0.39, 0.29) is 0 Å². The fourth-order valence-electron chi connectivity index (χ4n) is 8.67. The fraction of sp³-hybridized carbons (Fsp3) is 0. The van der Waals surface area contributed by atoms with E-state index in [4.69, 9.17) is 0 Å². The first-order chi connectivity index (χ1) is 30.2. The van der Waals surface area contributed by atoms with Gasteiger partial charge in [-0.25, -0.2) is 0 Å². The molecule has 11 rings (SSSR count). The quantitative estimate of drug-likeness (QED) is 0.149. The third-order valence-electron chi connectivity index (χ3n) is 12.1. The van der Waals surface area contributed by atoms with E-state index in [2.05, 4.69) is 254 Å². The predicted octanol–water partition coefficient (Wildman–Crippen LogP) is 17.0. The average molecular weight is 776 g/mol. The van der Waals surface area contributed by atoms with Crippen LogP contribution in [0, 0.1) is 0 Å².